The molecule has 0 aliphatic carbocycles. The highest BCUT2D eigenvalue weighted by Crippen LogP contribution is 2.31. The summed E-state index contributed by atoms with van der Waals surface area (Å²) in [5, 5.41) is 32.3. The Balaban J connectivity index is 2.34. The summed E-state index contributed by atoms with van der Waals surface area (Å²) in [6.07, 6.45) is 0. The Kier molecular flexibility index (Phi) is 3.10. The fraction of sp³-hybridized carbons (Fsp3) is 0.100. The van der Waals surface area contributed by atoms with Crippen molar-refractivity contribution < 1.29 is 10.0 Å². The number of hydrogen-bond donors (Lipinski definition) is 3. The number of aromatic nitrogens is 2. The van der Waals surface area contributed by atoms with Crippen LogP contribution in [0.25, 0.3) is 0 Å². The van der Waals surface area contributed by atoms with Crippen molar-refractivity contribution in [3.05, 3.63) is 44.4 Å². The summed E-state index contributed by atoms with van der Waals surface area (Å²) in [6, 6.07) is 3.39. The number of H-pyrrole nitrogens is 2. The molecular weight excluding hydrogens is 254 g/mol. The van der Waals surface area contributed by atoms with Crippen LogP contribution in [0.3, 0.4) is 0 Å². The van der Waals surface area contributed by atoms with Gasteiger partial charge in [0.1, 0.15) is 11.4 Å². The molecule has 0 atom stereocenters. The number of aryl methyl sites for hydroxylation is 1. The Labute approximate surface area is 105 Å². The minimum atomic E-state index is -0.637. The molecule has 0 radical (unpaired) electrons. The van der Waals surface area contributed by atoms with Gasteiger partial charge in [-0.05, 0) is 13.0 Å². The van der Waals surface area contributed by atoms with Gasteiger partial charge in [-0.15, -0.1) is 10.2 Å². The van der Waals surface area contributed by atoms with Crippen LogP contribution < -0.4 is 5.56 Å². The summed E-state index contributed by atoms with van der Waals surface area (Å²) >= 11 is 0. The first-order chi connectivity index (χ1) is 8.99. The van der Waals surface area contributed by atoms with Crippen molar-refractivity contribution >= 4 is 17.1 Å². The van der Waals surface area contributed by atoms with Gasteiger partial charge in [0.25, 0.3) is 11.2 Å². The van der Waals surface area contributed by atoms with E-state index in [0.29, 0.717) is 5.69 Å². The van der Waals surface area contributed by atoms with Crippen molar-refractivity contribution in [1.82, 2.24) is 10.2 Å². The summed E-state index contributed by atoms with van der Waals surface area (Å²) in [5.41, 5.74) is -0.0896. The molecule has 19 heavy (non-hydrogen) atoms. The number of nitrogens with zero attached hydrogens (tertiary/aromatic N) is 3. The maximum absolute atomic E-state index is 11.3. The molecule has 0 saturated carbocycles. The number of nitrogens with one attached hydrogen (secondary N) is 2. The Morgan fingerprint density at radius 3 is 2.58 bits per heavy atom. The normalized spacial score (nSPS) is 11.0. The average molecular weight is 263 g/mol. The standard InChI is InChI=1S/C10H9N5O4/c1-5-9(10(17)14-11-5)13-12-7-3-2-6(15(18)19)4-8(7)16/h2-4,16H,1H3,(H2,11,14,17). The number of phenols is 1. The van der Waals surface area contributed by atoms with Crippen LogP contribution in [0.1, 0.15) is 5.69 Å². The van der Waals surface area contributed by atoms with E-state index in [4.69, 9.17) is 0 Å². The van der Waals surface area contributed by atoms with E-state index in [2.05, 4.69) is 20.4 Å². The molecule has 1 aromatic heterocycles. The van der Waals surface area contributed by atoms with Gasteiger partial charge in [-0.25, -0.2) is 0 Å². The maximum atomic E-state index is 11.3. The third-order valence-corrected chi connectivity index (χ3v) is 2.36. The zero-order chi connectivity index (χ0) is 14.0. The summed E-state index contributed by atoms with van der Waals surface area (Å²) < 4.78 is 0. The van der Waals surface area contributed by atoms with Crippen molar-refractivity contribution in [2.75, 3.05) is 0 Å². The molecule has 0 bridgehead atoms. The van der Waals surface area contributed by atoms with Crippen LogP contribution in [-0.4, -0.2) is 20.2 Å². The van der Waals surface area contributed by atoms with Crippen LogP contribution >= 0.6 is 0 Å². The molecule has 2 rings (SSSR count). The minimum Gasteiger partial charge on any atom is -0.505 e. The van der Waals surface area contributed by atoms with Crippen molar-refractivity contribution in [2.45, 2.75) is 6.92 Å². The fourth-order valence-corrected chi connectivity index (χ4v) is 1.37. The summed E-state index contributed by atoms with van der Waals surface area (Å²) in [6.45, 7) is 1.63. The van der Waals surface area contributed by atoms with Gasteiger partial charge in [0.05, 0.1) is 16.7 Å². The molecule has 0 amide bonds. The molecular formula is C10H9N5O4. The molecule has 0 aliphatic rings. The SMILES string of the molecule is Cc1[nH][nH]c(=O)c1N=Nc1ccc([N+](=O)[O-])cc1O. The molecule has 0 aliphatic heterocycles. The Morgan fingerprint density at radius 1 is 1.32 bits per heavy atom. The molecule has 0 unspecified atom stereocenters. The number of phenolic OH excluding ortho intramolecular Hbond substituents is 1. The molecule has 9 heteroatoms. The highest BCUT2D eigenvalue weighted by atomic mass is 16.6. The van der Waals surface area contributed by atoms with Gasteiger partial charge in [-0.3, -0.25) is 20.0 Å². The van der Waals surface area contributed by atoms with E-state index < -0.39 is 10.5 Å². The van der Waals surface area contributed by atoms with Crippen molar-refractivity contribution in [1.29, 1.82) is 0 Å². The average Bonchev–Trinajstić information content (AvgIpc) is 2.68. The second kappa shape index (κ2) is 4.72. The second-order valence-electron chi connectivity index (χ2n) is 3.68. The van der Waals surface area contributed by atoms with Gasteiger partial charge in [0, 0.05) is 6.07 Å². The third kappa shape index (κ3) is 2.49. The van der Waals surface area contributed by atoms with Crippen LogP contribution in [-0.2, 0) is 0 Å². The molecule has 1 heterocycles. The molecule has 0 saturated heterocycles. The number of benzene rings is 1. The number of nitro groups is 1. The first kappa shape index (κ1) is 12.5. The zero-order valence-corrected chi connectivity index (χ0v) is 9.75. The van der Waals surface area contributed by atoms with E-state index in [0.717, 1.165) is 6.07 Å². The highest BCUT2D eigenvalue weighted by Gasteiger charge is 2.10. The molecule has 9 nitrogen and oxygen atoms in total. The van der Waals surface area contributed by atoms with Crippen molar-refractivity contribution in [3.63, 3.8) is 0 Å². The predicted octanol–water partition coefficient (Wildman–Crippen LogP) is 2.04. The van der Waals surface area contributed by atoms with Gasteiger partial charge in [-0.1, -0.05) is 0 Å². The maximum Gasteiger partial charge on any atom is 0.291 e. The number of rotatable bonds is 3. The number of nitro benzene ring substituents is 1. The number of hydrogen-bond acceptors (Lipinski definition) is 6. The van der Waals surface area contributed by atoms with Crippen LogP contribution in [0.5, 0.6) is 5.75 Å². The topological polar surface area (TPSA) is 137 Å². The molecule has 1 aromatic carbocycles. The number of aromatic hydroxyl groups is 1. The second-order valence-corrected chi connectivity index (χ2v) is 3.68. The predicted molar refractivity (Wildman–Crippen MR) is 65.1 cm³/mol. The third-order valence-electron chi connectivity index (χ3n) is 2.36. The number of azo groups is 1. The Morgan fingerprint density at radius 2 is 2.05 bits per heavy atom. The quantitative estimate of drug-likeness (QED) is 0.443. The summed E-state index contributed by atoms with van der Waals surface area (Å²) in [7, 11) is 0. The smallest absolute Gasteiger partial charge is 0.291 e. The van der Waals surface area contributed by atoms with Gasteiger partial charge < -0.3 is 10.2 Å². The Hall–Kier alpha value is -2.97. The lowest BCUT2D eigenvalue weighted by Gasteiger charge is -1.97. The first-order valence-corrected chi connectivity index (χ1v) is 5.15. The lowest BCUT2D eigenvalue weighted by atomic mass is 10.2. The molecule has 0 fully saturated rings. The fourth-order valence-electron chi connectivity index (χ4n) is 1.37. The van der Waals surface area contributed by atoms with Gasteiger partial charge in [-0.2, -0.15) is 0 Å². The lowest BCUT2D eigenvalue weighted by molar-refractivity contribution is -0.384. The zero-order valence-electron chi connectivity index (χ0n) is 9.75. The van der Waals surface area contributed by atoms with Crippen molar-refractivity contribution in [2.24, 2.45) is 10.2 Å². The molecule has 3 N–H and O–H groups in total. The molecule has 2 aromatic rings. The van der Waals surface area contributed by atoms with E-state index in [1.54, 1.807) is 6.92 Å². The highest BCUT2D eigenvalue weighted by molar-refractivity contribution is 5.56. The Bertz CT molecular complexity index is 715. The van der Waals surface area contributed by atoms with Gasteiger partial charge >= 0.3 is 0 Å². The van der Waals surface area contributed by atoms with E-state index in [1.807, 2.05) is 0 Å². The monoisotopic (exact) mass is 263 g/mol. The number of non-ortho nitro benzene ring substituents is 1. The van der Waals surface area contributed by atoms with E-state index in [1.165, 1.54) is 12.1 Å². The van der Waals surface area contributed by atoms with Crippen LogP contribution in [0.4, 0.5) is 17.1 Å². The summed E-state index contributed by atoms with van der Waals surface area (Å²) in [5.74, 6) is -0.387. The molecule has 0 spiro atoms. The summed E-state index contributed by atoms with van der Waals surface area (Å²) in [4.78, 5) is 21.1. The van der Waals surface area contributed by atoms with E-state index >= 15 is 0 Å². The van der Waals surface area contributed by atoms with Gasteiger partial charge in [0.15, 0.2) is 5.69 Å². The van der Waals surface area contributed by atoms with E-state index in [9.17, 15) is 20.0 Å². The number of aromatic amines is 2. The van der Waals surface area contributed by atoms with Crippen molar-refractivity contribution in [3.8, 4) is 5.75 Å². The van der Waals surface area contributed by atoms with Crippen LogP contribution in [0, 0.1) is 17.0 Å². The lowest BCUT2D eigenvalue weighted by Crippen LogP contribution is -1.96. The first-order valence-electron chi connectivity index (χ1n) is 5.15. The van der Waals surface area contributed by atoms with E-state index in [-0.39, 0.29) is 22.8 Å². The van der Waals surface area contributed by atoms with Crippen LogP contribution in [0.15, 0.2) is 33.2 Å². The molecule has 98 valence electrons. The largest absolute Gasteiger partial charge is 0.505 e. The van der Waals surface area contributed by atoms with Gasteiger partial charge in [0.2, 0.25) is 0 Å². The minimum absolute atomic E-state index is 0.0330. The van der Waals surface area contributed by atoms with Crippen LogP contribution in [0.2, 0.25) is 0 Å².